The monoisotopic (exact) mass is 474 g/mol. The van der Waals surface area contributed by atoms with Crippen molar-refractivity contribution < 1.29 is 18.7 Å². The summed E-state index contributed by atoms with van der Waals surface area (Å²) in [5.74, 6) is -0.805. The van der Waals surface area contributed by atoms with E-state index in [4.69, 9.17) is 9.15 Å². The third-order valence-electron chi connectivity index (χ3n) is 6.69. The summed E-state index contributed by atoms with van der Waals surface area (Å²) in [6, 6.07) is 8.80. The molecule has 0 unspecified atom stereocenters. The van der Waals surface area contributed by atoms with E-state index < -0.39 is 5.76 Å². The first-order valence-electron chi connectivity index (χ1n) is 11.2. The molecule has 1 saturated heterocycles. The lowest BCUT2D eigenvalue weighted by molar-refractivity contribution is -0.125. The maximum Gasteiger partial charge on any atom is 0.419 e. The minimum absolute atomic E-state index is 0.0767. The number of oxazole rings is 1. The van der Waals surface area contributed by atoms with Crippen LogP contribution in [0.15, 0.2) is 45.7 Å². The summed E-state index contributed by atoms with van der Waals surface area (Å²) in [7, 11) is 1.65. The van der Waals surface area contributed by atoms with Crippen LogP contribution in [0.25, 0.3) is 16.8 Å². The van der Waals surface area contributed by atoms with E-state index in [2.05, 4.69) is 15.6 Å². The molecular weight excluding hydrogens is 452 g/mol. The molecule has 0 bridgehead atoms. The quantitative estimate of drug-likeness (QED) is 0.440. The largest absolute Gasteiger partial charge is 0.457 e. The fraction of sp³-hybridized carbons (Fsp3) is 0.292. The number of hydrogen-bond donors (Lipinski definition) is 1. The highest BCUT2D eigenvalue weighted by atomic mass is 16.5. The van der Waals surface area contributed by atoms with Gasteiger partial charge < -0.3 is 14.5 Å². The molecule has 11 nitrogen and oxygen atoms in total. The number of nitrogens with zero attached hydrogens (tertiary/aromatic N) is 5. The SMILES string of the molecule is Cc1c([C@@H]2CN(Cc3cn(-c4ccc5oc(=O)n(C)c5c4)nn3)CC(=O)N2)ccc2c1COC2=O. The van der Waals surface area contributed by atoms with E-state index in [0.717, 1.165) is 22.4 Å². The van der Waals surface area contributed by atoms with Gasteiger partial charge in [0, 0.05) is 25.7 Å². The van der Waals surface area contributed by atoms with Crippen molar-refractivity contribution in [3.8, 4) is 5.69 Å². The average Bonchev–Trinajstić information content (AvgIpc) is 3.52. The molecular formula is C24H22N6O5. The Morgan fingerprint density at radius 1 is 1.17 bits per heavy atom. The van der Waals surface area contributed by atoms with Gasteiger partial charge in [-0.15, -0.1) is 5.10 Å². The Labute approximate surface area is 198 Å². The van der Waals surface area contributed by atoms with E-state index in [-0.39, 0.29) is 31.1 Å². The number of aryl methyl sites for hydroxylation is 1. The minimum Gasteiger partial charge on any atom is -0.457 e. The average molecular weight is 474 g/mol. The topological polar surface area (TPSA) is 124 Å². The highest BCUT2D eigenvalue weighted by Gasteiger charge is 2.30. The predicted molar refractivity (Wildman–Crippen MR) is 123 cm³/mol. The van der Waals surface area contributed by atoms with E-state index in [9.17, 15) is 14.4 Å². The zero-order valence-corrected chi connectivity index (χ0v) is 19.1. The fourth-order valence-corrected chi connectivity index (χ4v) is 4.84. The number of carbonyl (C=O) groups is 2. The first kappa shape index (κ1) is 21.3. The van der Waals surface area contributed by atoms with Crippen molar-refractivity contribution in [2.75, 3.05) is 13.1 Å². The number of hydrogen-bond acceptors (Lipinski definition) is 8. The Bertz CT molecular complexity index is 1560. The van der Waals surface area contributed by atoms with Crippen molar-refractivity contribution in [3.63, 3.8) is 0 Å². The van der Waals surface area contributed by atoms with Gasteiger partial charge in [-0.2, -0.15) is 0 Å². The van der Waals surface area contributed by atoms with E-state index >= 15 is 0 Å². The molecule has 6 rings (SSSR count). The second kappa shape index (κ2) is 7.91. The summed E-state index contributed by atoms with van der Waals surface area (Å²) in [5.41, 5.74) is 6.04. The molecule has 0 aliphatic carbocycles. The van der Waals surface area contributed by atoms with Gasteiger partial charge >= 0.3 is 11.7 Å². The Kier molecular flexibility index (Phi) is 4.81. The van der Waals surface area contributed by atoms with Crippen molar-refractivity contribution in [1.82, 2.24) is 29.8 Å². The number of esters is 1. The molecule has 1 fully saturated rings. The predicted octanol–water partition coefficient (Wildman–Crippen LogP) is 1.36. The molecule has 178 valence electrons. The molecule has 0 saturated carbocycles. The van der Waals surface area contributed by atoms with Crippen LogP contribution >= 0.6 is 0 Å². The summed E-state index contributed by atoms with van der Waals surface area (Å²) in [4.78, 5) is 38.2. The summed E-state index contributed by atoms with van der Waals surface area (Å²) in [6.45, 7) is 3.51. The zero-order valence-electron chi connectivity index (χ0n) is 19.1. The van der Waals surface area contributed by atoms with Crippen molar-refractivity contribution in [1.29, 1.82) is 0 Å². The molecule has 2 aromatic heterocycles. The number of nitrogens with one attached hydrogen (secondary N) is 1. The Hall–Kier alpha value is -4.25. The second-order valence-corrected chi connectivity index (χ2v) is 8.91. The lowest BCUT2D eigenvalue weighted by Gasteiger charge is -2.33. The standard InChI is InChI=1S/C24H22N6O5/c1-13-16(4-5-17-18(13)12-34-23(17)32)19-10-29(11-22(31)25-19)8-14-9-30(27-26-14)15-3-6-21-20(7-15)28(2)24(33)35-21/h3-7,9,19H,8,10-12H2,1-2H3,(H,25,31)/t19-/m0/s1. The lowest BCUT2D eigenvalue weighted by Crippen LogP contribution is -2.49. The molecule has 0 radical (unpaired) electrons. The number of fused-ring (bicyclic) bond motifs is 2. The second-order valence-electron chi connectivity index (χ2n) is 8.91. The summed E-state index contributed by atoms with van der Waals surface area (Å²) in [5, 5.41) is 11.6. The highest BCUT2D eigenvalue weighted by Crippen LogP contribution is 2.30. The summed E-state index contributed by atoms with van der Waals surface area (Å²) in [6.07, 6.45) is 1.81. The number of benzene rings is 2. The summed E-state index contributed by atoms with van der Waals surface area (Å²) < 4.78 is 13.4. The Morgan fingerprint density at radius 3 is 2.89 bits per heavy atom. The van der Waals surface area contributed by atoms with E-state index in [0.29, 0.717) is 35.4 Å². The van der Waals surface area contributed by atoms with Gasteiger partial charge in [0.15, 0.2) is 5.58 Å². The van der Waals surface area contributed by atoms with Crippen molar-refractivity contribution in [2.24, 2.45) is 7.05 Å². The maximum absolute atomic E-state index is 12.5. The minimum atomic E-state index is -0.424. The van der Waals surface area contributed by atoms with Gasteiger partial charge in [-0.1, -0.05) is 11.3 Å². The van der Waals surface area contributed by atoms with Crippen LogP contribution in [0.1, 0.15) is 38.8 Å². The smallest absolute Gasteiger partial charge is 0.419 e. The van der Waals surface area contributed by atoms with Crippen LogP contribution in [-0.4, -0.2) is 49.4 Å². The first-order valence-corrected chi connectivity index (χ1v) is 11.2. The number of aromatic nitrogens is 4. The molecule has 11 heteroatoms. The molecule has 4 heterocycles. The van der Waals surface area contributed by atoms with Crippen LogP contribution in [0.4, 0.5) is 0 Å². The first-order chi connectivity index (χ1) is 16.9. The normalized spacial score (nSPS) is 18.1. The molecule has 4 aromatic rings. The van der Waals surface area contributed by atoms with Gasteiger partial charge in [0.1, 0.15) is 6.61 Å². The fourth-order valence-electron chi connectivity index (χ4n) is 4.84. The molecule has 0 spiro atoms. The van der Waals surface area contributed by atoms with Crippen molar-refractivity contribution in [3.05, 3.63) is 75.0 Å². The van der Waals surface area contributed by atoms with Crippen LogP contribution in [0.3, 0.4) is 0 Å². The van der Waals surface area contributed by atoms with Crippen LogP contribution in [0.5, 0.6) is 0 Å². The van der Waals surface area contributed by atoms with Gasteiger partial charge in [-0.25, -0.2) is 14.3 Å². The molecule has 2 aliphatic heterocycles. The van der Waals surface area contributed by atoms with Gasteiger partial charge in [0.05, 0.1) is 41.2 Å². The molecule has 2 aromatic carbocycles. The van der Waals surface area contributed by atoms with Gasteiger partial charge in [-0.05, 0) is 42.3 Å². The van der Waals surface area contributed by atoms with Crippen molar-refractivity contribution in [2.45, 2.75) is 26.1 Å². The van der Waals surface area contributed by atoms with E-state index in [1.807, 2.05) is 30.2 Å². The molecule has 2 aliphatic rings. The highest BCUT2D eigenvalue weighted by molar-refractivity contribution is 5.94. The third kappa shape index (κ3) is 3.60. The number of cyclic esters (lactones) is 1. The Morgan fingerprint density at radius 2 is 2.03 bits per heavy atom. The zero-order chi connectivity index (χ0) is 24.3. The van der Waals surface area contributed by atoms with Crippen LogP contribution in [-0.2, 0) is 29.7 Å². The number of amides is 1. The summed E-state index contributed by atoms with van der Waals surface area (Å²) >= 11 is 0. The molecule has 1 N–H and O–H groups in total. The van der Waals surface area contributed by atoms with E-state index in [1.54, 1.807) is 29.9 Å². The number of piperazine rings is 1. The Balaban J connectivity index is 1.22. The molecule has 1 amide bonds. The third-order valence-corrected chi connectivity index (χ3v) is 6.69. The molecule has 35 heavy (non-hydrogen) atoms. The number of ether oxygens (including phenoxy) is 1. The van der Waals surface area contributed by atoms with Gasteiger partial charge in [0.25, 0.3) is 0 Å². The van der Waals surface area contributed by atoms with Crippen LogP contribution in [0, 0.1) is 6.92 Å². The number of carbonyl (C=O) groups excluding carboxylic acids is 2. The molecule has 1 atom stereocenters. The van der Waals surface area contributed by atoms with Gasteiger partial charge in [0.2, 0.25) is 5.91 Å². The lowest BCUT2D eigenvalue weighted by atomic mass is 9.93. The van der Waals surface area contributed by atoms with Gasteiger partial charge in [-0.3, -0.25) is 14.3 Å². The van der Waals surface area contributed by atoms with Crippen LogP contribution < -0.4 is 11.1 Å². The van der Waals surface area contributed by atoms with E-state index in [1.165, 1.54) is 4.57 Å². The maximum atomic E-state index is 12.5. The van der Waals surface area contributed by atoms with Crippen molar-refractivity contribution >= 4 is 23.0 Å². The number of rotatable bonds is 4. The van der Waals surface area contributed by atoms with Crippen LogP contribution in [0.2, 0.25) is 0 Å².